The molecule has 366 valence electrons. The standard InChI is InChI=1S/C23H11F36NO/c1-60(2)4-5(61)3-6(24)7(25,26)8(27,28)9(29,30)10(31,32)11(33,34)12(35,36)13(37,38)14(39,40)15(41,42)16(43,44)17(45,46)18(47,48)19(49,50)20(51,52)21(53,54)22(55,56)23(57,58)59/h3,5,61H,4H2,1-2H3. The molecule has 0 fully saturated rings. The van der Waals surface area contributed by atoms with Gasteiger partial charge in [0.05, 0.1) is 6.10 Å². The van der Waals surface area contributed by atoms with Crippen molar-refractivity contribution in [2.45, 2.75) is 107 Å². The van der Waals surface area contributed by atoms with Crippen LogP contribution in [-0.4, -0.2) is 138 Å². The number of allylic oxidation sites excluding steroid dienone is 1. The van der Waals surface area contributed by atoms with Crippen molar-refractivity contribution in [3.63, 3.8) is 0 Å². The molecule has 0 aliphatic heterocycles. The fourth-order valence-corrected chi connectivity index (χ4v) is 3.79. The molecule has 0 bridgehead atoms. The molecule has 0 rings (SSSR count). The average Bonchev–Trinajstić information content (AvgIpc) is 3.02. The highest BCUT2D eigenvalue weighted by Gasteiger charge is 3.02. The van der Waals surface area contributed by atoms with Gasteiger partial charge in [0.2, 0.25) is 0 Å². The van der Waals surface area contributed by atoms with E-state index >= 15 is 0 Å². The van der Waals surface area contributed by atoms with E-state index in [1.54, 1.807) is 0 Å². The summed E-state index contributed by atoms with van der Waals surface area (Å²) in [5, 5.41) is 9.15. The fraction of sp³-hybridized carbons (Fsp3) is 0.913. The van der Waals surface area contributed by atoms with Crippen LogP contribution in [0.4, 0.5) is 158 Å². The number of halogens is 36. The van der Waals surface area contributed by atoms with Gasteiger partial charge in [-0.15, -0.1) is 0 Å². The van der Waals surface area contributed by atoms with Crippen LogP contribution in [0.1, 0.15) is 0 Å². The number of rotatable bonds is 19. The molecule has 0 spiro atoms. The molecule has 0 amide bonds. The first kappa shape index (κ1) is 58.1. The van der Waals surface area contributed by atoms with Crippen molar-refractivity contribution in [1.29, 1.82) is 0 Å². The van der Waals surface area contributed by atoms with Crippen LogP contribution in [0.2, 0.25) is 0 Å². The van der Waals surface area contributed by atoms with Crippen LogP contribution >= 0.6 is 0 Å². The van der Waals surface area contributed by atoms with Crippen LogP contribution in [0.25, 0.3) is 0 Å². The predicted octanol–water partition coefficient (Wildman–Crippen LogP) is 11.5. The van der Waals surface area contributed by atoms with Crippen LogP contribution in [-0.2, 0) is 0 Å². The first-order valence-corrected chi connectivity index (χ1v) is 13.6. The lowest BCUT2D eigenvalue weighted by Gasteiger charge is -2.47. The molecule has 0 radical (unpaired) electrons. The van der Waals surface area contributed by atoms with Crippen LogP contribution in [0.5, 0.6) is 0 Å². The quantitative estimate of drug-likeness (QED) is 0.130. The van der Waals surface area contributed by atoms with E-state index in [2.05, 4.69) is 0 Å². The molecule has 0 aliphatic rings. The summed E-state index contributed by atoms with van der Waals surface area (Å²) in [6.45, 7) is -1.27. The zero-order valence-corrected chi connectivity index (χ0v) is 27.4. The molecular formula is C23H11F36NO. The first-order chi connectivity index (χ1) is 25.7. The second-order valence-corrected chi connectivity index (χ2v) is 12.0. The van der Waals surface area contributed by atoms with Crippen LogP contribution in [0.3, 0.4) is 0 Å². The average molecular weight is 1000 g/mol. The molecule has 0 aromatic rings. The third-order valence-corrected chi connectivity index (χ3v) is 7.46. The van der Waals surface area contributed by atoms with Gasteiger partial charge in [0, 0.05) is 6.54 Å². The van der Waals surface area contributed by atoms with E-state index in [1.807, 2.05) is 0 Å². The lowest BCUT2D eigenvalue weighted by molar-refractivity contribution is -0.492. The van der Waals surface area contributed by atoms with Crippen molar-refractivity contribution in [1.82, 2.24) is 4.90 Å². The smallest absolute Gasteiger partial charge is 0.388 e. The van der Waals surface area contributed by atoms with E-state index < -0.39 is 125 Å². The van der Waals surface area contributed by atoms with E-state index in [0.29, 0.717) is 4.90 Å². The Hall–Kier alpha value is -2.86. The molecule has 1 N–H and O–H groups in total. The molecule has 0 aliphatic carbocycles. The Labute approximate surface area is 309 Å². The highest BCUT2D eigenvalue weighted by molar-refractivity contribution is 5.24. The van der Waals surface area contributed by atoms with Crippen molar-refractivity contribution in [2.24, 2.45) is 0 Å². The SMILES string of the molecule is CN(C)CC(O)C=C(F)C(F)(F)C(F)(F)C(F)(F)C(F)(F)C(F)(F)C(F)(F)C(F)(F)C(F)(F)C(F)(F)C(F)(F)C(F)(F)C(F)(F)C(F)(F)C(F)(F)C(F)(F)C(F)(F)C(F)(F)F. The normalized spacial score (nSPS) is 17.7. The molecule has 0 aromatic carbocycles. The first-order valence-electron chi connectivity index (χ1n) is 13.6. The Morgan fingerprint density at radius 3 is 0.672 bits per heavy atom. The molecule has 0 heterocycles. The van der Waals surface area contributed by atoms with Gasteiger partial charge < -0.3 is 10.0 Å². The maximum absolute atomic E-state index is 14.0. The minimum atomic E-state index is -10.4. The summed E-state index contributed by atoms with van der Waals surface area (Å²) in [6, 6.07) is 0. The minimum absolute atomic E-state index is 0.555. The van der Waals surface area contributed by atoms with Crippen molar-refractivity contribution in [3.8, 4) is 0 Å². The largest absolute Gasteiger partial charge is 0.460 e. The van der Waals surface area contributed by atoms with Crippen LogP contribution in [0.15, 0.2) is 11.9 Å². The maximum Gasteiger partial charge on any atom is 0.460 e. The lowest BCUT2D eigenvalue weighted by Crippen LogP contribution is -2.80. The van der Waals surface area contributed by atoms with E-state index in [0.717, 1.165) is 14.1 Å². The molecular weight excluding hydrogens is 990 g/mol. The zero-order chi connectivity index (χ0) is 50.6. The highest BCUT2D eigenvalue weighted by Crippen LogP contribution is 2.70. The Kier molecular flexibility index (Phi) is 14.1. The number of nitrogens with zero attached hydrogens (tertiary/aromatic N) is 1. The maximum atomic E-state index is 14.0. The van der Waals surface area contributed by atoms with E-state index in [-0.39, 0.29) is 0 Å². The van der Waals surface area contributed by atoms with Crippen molar-refractivity contribution < 1.29 is 163 Å². The van der Waals surface area contributed by atoms with Crippen molar-refractivity contribution in [3.05, 3.63) is 11.9 Å². The van der Waals surface area contributed by atoms with E-state index in [9.17, 15) is 158 Å². The van der Waals surface area contributed by atoms with Gasteiger partial charge >= 0.3 is 101 Å². The Bertz CT molecular complexity index is 1600. The molecule has 1 atom stereocenters. The number of hydrogen-bond donors (Lipinski definition) is 1. The summed E-state index contributed by atoms with van der Waals surface area (Å²) in [5.41, 5.74) is 0. The number of hydrogen-bond acceptors (Lipinski definition) is 2. The summed E-state index contributed by atoms with van der Waals surface area (Å²) in [7, 11) is 1.58. The Morgan fingerprint density at radius 2 is 0.508 bits per heavy atom. The second kappa shape index (κ2) is 14.8. The van der Waals surface area contributed by atoms with Crippen molar-refractivity contribution in [2.75, 3.05) is 20.6 Å². The zero-order valence-electron chi connectivity index (χ0n) is 27.4. The van der Waals surface area contributed by atoms with Gasteiger partial charge in [-0.2, -0.15) is 154 Å². The summed E-state index contributed by atoms with van der Waals surface area (Å²) in [6.07, 6.45) is -12.8. The molecule has 38 heteroatoms. The molecule has 1 unspecified atom stereocenters. The summed E-state index contributed by atoms with van der Waals surface area (Å²) in [5.74, 6) is -161. The van der Waals surface area contributed by atoms with Crippen molar-refractivity contribution >= 4 is 0 Å². The van der Waals surface area contributed by atoms with Gasteiger partial charge in [0.25, 0.3) is 0 Å². The van der Waals surface area contributed by atoms with Gasteiger partial charge in [-0.25, -0.2) is 4.39 Å². The van der Waals surface area contributed by atoms with Gasteiger partial charge in [-0.1, -0.05) is 0 Å². The fourth-order valence-electron chi connectivity index (χ4n) is 3.79. The van der Waals surface area contributed by atoms with Crippen LogP contribution < -0.4 is 0 Å². The number of likely N-dealkylation sites (N-methyl/N-ethyl adjacent to an activating group) is 1. The second-order valence-electron chi connectivity index (χ2n) is 12.0. The third kappa shape index (κ3) is 7.22. The highest BCUT2D eigenvalue weighted by atomic mass is 19.4. The van der Waals surface area contributed by atoms with Gasteiger partial charge in [0.1, 0.15) is 0 Å². The van der Waals surface area contributed by atoms with Gasteiger partial charge in [-0.3, -0.25) is 0 Å². The minimum Gasteiger partial charge on any atom is -0.388 e. The molecule has 0 aromatic heterocycles. The molecule has 0 saturated carbocycles. The summed E-state index contributed by atoms with van der Waals surface area (Å²) >= 11 is 0. The monoisotopic (exact) mass is 1000 g/mol. The number of aliphatic hydroxyl groups is 1. The topological polar surface area (TPSA) is 23.5 Å². The number of alkyl halides is 35. The molecule has 0 saturated heterocycles. The number of aliphatic hydroxyl groups excluding tert-OH is 1. The Morgan fingerprint density at radius 1 is 0.344 bits per heavy atom. The molecule has 2 nitrogen and oxygen atoms in total. The summed E-state index contributed by atoms with van der Waals surface area (Å²) < 4.78 is 492. The third-order valence-electron chi connectivity index (χ3n) is 7.46. The van der Waals surface area contributed by atoms with Gasteiger partial charge in [0.15, 0.2) is 5.83 Å². The predicted molar refractivity (Wildman–Crippen MR) is 119 cm³/mol. The van der Waals surface area contributed by atoms with Gasteiger partial charge in [-0.05, 0) is 20.2 Å². The Balaban J connectivity index is 7.81. The summed E-state index contributed by atoms with van der Waals surface area (Å²) in [4.78, 5) is 0.555. The lowest BCUT2D eigenvalue weighted by atomic mass is 9.82. The molecule has 61 heavy (non-hydrogen) atoms. The van der Waals surface area contributed by atoms with E-state index in [1.165, 1.54) is 0 Å². The van der Waals surface area contributed by atoms with E-state index in [4.69, 9.17) is 5.11 Å². The van der Waals surface area contributed by atoms with Crippen LogP contribution in [0, 0.1) is 0 Å².